The highest BCUT2D eigenvalue weighted by atomic mass is 127. The van der Waals surface area contributed by atoms with E-state index in [1.54, 1.807) is 0 Å². The number of unbranched alkanes of at least 4 members (excludes halogenated alkanes) is 2. The predicted octanol–water partition coefficient (Wildman–Crippen LogP) is 3.27. The lowest BCUT2D eigenvalue weighted by molar-refractivity contribution is 0.217. The Kier molecular flexibility index (Phi) is 7.38. The molecule has 0 amide bonds. The first kappa shape index (κ1) is 11.4. The Hall–Kier alpha value is 0.430. The van der Waals surface area contributed by atoms with E-state index < -0.39 is 0 Å². The van der Waals surface area contributed by atoms with E-state index in [-0.39, 0.29) is 6.10 Å². The van der Waals surface area contributed by atoms with Gasteiger partial charge in [0.15, 0.2) is 0 Å². The van der Waals surface area contributed by atoms with Gasteiger partial charge >= 0.3 is 0 Å². The summed E-state index contributed by atoms with van der Waals surface area (Å²) in [4.78, 5) is 0. The second-order valence-corrected chi connectivity index (χ2v) is 3.90. The van der Waals surface area contributed by atoms with Crippen LogP contribution in [-0.2, 0) is 0 Å². The van der Waals surface area contributed by atoms with Gasteiger partial charge < -0.3 is 5.11 Å². The van der Waals surface area contributed by atoms with Crippen LogP contribution in [0.5, 0.6) is 0 Å². The van der Waals surface area contributed by atoms with Crippen molar-refractivity contribution in [2.75, 3.05) is 0 Å². The minimum absolute atomic E-state index is 0.229. The quantitative estimate of drug-likeness (QED) is 0.599. The van der Waals surface area contributed by atoms with Crippen LogP contribution < -0.4 is 0 Å². The van der Waals surface area contributed by atoms with Crippen molar-refractivity contribution in [1.82, 2.24) is 0 Å². The first-order valence-corrected chi connectivity index (χ1v) is 5.33. The average Bonchev–Trinajstić information content (AvgIpc) is 2.03. The monoisotopic (exact) mass is 268 g/mol. The summed E-state index contributed by atoms with van der Waals surface area (Å²) in [5, 5.41) is 9.35. The third kappa shape index (κ3) is 5.67. The van der Waals surface area contributed by atoms with Gasteiger partial charge in [0.2, 0.25) is 0 Å². The van der Waals surface area contributed by atoms with Crippen LogP contribution >= 0.6 is 22.6 Å². The average molecular weight is 268 g/mol. The second kappa shape index (κ2) is 7.10. The standard InChI is InChI=1S/C9H17IO/c1-3-5-6-7-8(10)9(11)4-2/h7,9,11H,3-6H2,1-2H3/b8-7-. The topological polar surface area (TPSA) is 20.2 Å². The largest absolute Gasteiger partial charge is 0.388 e. The van der Waals surface area contributed by atoms with Crippen molar-refractivity contribution in [3.63, 3.8) is 0 Å². The van der Waals surface area contributed by atoms with Gasteiger partial charge in [0.1, 0.15) is 0 Å². The molecule has 1 N–H and O–H groups in total. The molecule has 0 radical (unpaired) electrons. The highest BCUT2D eigenvalue weighted by Crippen LogP contribution is 2.15. The van der Waals surface area contributed by atoms with Crippen LogP contribution in [0, 0.1) is 0 Å². The summed E-state index contributed by atoms with van der Waals surface area (Å²) in [6.45, 7) is 4.17. The molecule has 0 bridgehead atoms. The number of allylic oxidation sites excluding steroid dienone is 1. The van der Waals surface area contributed by atoms with E-state index in [0.29, 0.717) is 0 Å². The van der Waals surface area contributed by atoms with E-state index in [1.165, 1.54) is 12.8 Å². The molecule has 1 unspecified atom stereocenters. The summed E-state index contributed by atoms with van der Waals surface area (Å²) in [7, 11) is 0. The van der Waals surface area contributed by atoms with Crippen LogP contribution in [0.4, 0.5) is 0 Å². The zero-order valence-corrected chi connectivity index (χ0v) is 9.47. The third-order valence-corrected chi connectivity index (χ3v) is 2.76. The lowest BCUT2D eigenvalue weighted by atomic mass is 10.2. The van der Waals surface area contributed by atoms with Crippen molar-refractivity contribution in [1.29, 1.82) is 0 Å². The second-order valence-electron chi connectivity index (χ2n) is 2.66. The van der Waals surface area contributed by atoms with Crippen LogP contribution in [-0.4, -0.2) is 11.2 Å². The van der Waals surface area contributed by atoms with E-state index in [1.807, 2.05) is 6.92 Å². The van der Waals surface area contributed by atoms with Crippen molar-refractivity contribution in [2.24, 2.45) is 0 Å². The van der Waals surface area contributed by atoms with Gasteiger partial charge in [-0.3, -0.25) is 0 Å². The Bertz CT molecular complexity index is 121. The lowest BCUT2D eigenvalue weighted by Crippen LogP contribution is -2.03. The molecule has 0 aromatic heterocycles. The molecule has 0 spiro atoms. The smallest absolute Gasteiger partial charge is 0.0840 e. The number of aliphatic hydroxyl groups excluding tert-OH is 1. The molecule has 1 nitrogen and oxygen atoms in total. The van der Waals surface area contributed by atoms with Crippen molar-refractivity contribution in [3.8, 4) is 0 Å². The van der Waals surface area contributed by atoms with E-state index in [2.05, 4.69) is 35.6 Å². The molecule has 0 aliphatic carbocycles. The van der Waals surface area contributed by atoms with Gasteiger partial charge in [0.05, 0.1) is 6.10 Å². The Labute approximate surface area is 83.0 Å². The Morgan fingerprint density at radius 2 is 2.18 bits per heavy atom. The van der Waals surface area contributed by atoms with Crippen molar-refractivity contribution < 1.29 is 5.11 Å². The van der Waals surface area contributed by atoms with Gasteiger partial charge in [-0.25, -0.2) is 0 Å². The maximum atomic E-state index is 9.35. The summed E-state index contributed by atoms with van der Waals surface area (Å²) in [6.07, 6.45) is 6.28. The fourth-order valence-corrected chi connectivity index (χ4v) is 1.53. The molecule has 0 heterocycles. The Balaban J connectivity index is 3.61. The van der Waals surface area contributed by atoms with Gasteiger partial charge in [-0.1, -0.05) is 32.8 Å². The summed E-state index contributed by atoms with van der Waals surface area (Å²) < 4.78 is 1.10. The Morgan fingerprint density at radius 1 is 1.55 bits per heavy atom. The van der Waals surface area contributed by atoms with Gasteiger partial charge in [-0.15, -0.1) is 0 Å². The van der Waals surface area contributed by atoms with Crippen LogP contribution in [0.2, 0.25) is 0 Å². The number of rotatable bonds is 5. The summed E-state index contributed by atoms with van der Waals surface area (Å²) >= 11 is 2.22. The molecule has 11 heavy (non-hydrogen) atoms. The van der Waals surface area contributed by atoms with E-state index >= 15 is 0 Å². The minimum Gasteiger partial charge on any atom is -0.388 e. The van der Waals surface area contributed by atoms with Crippen LogP contribution in [0.3, 0.4) is 0 Å². The molecule has 0 saturated carbocycles. The number of aliphatic hydroxyl groups is 1. The third-order valence-electron chi connectivity index (χ3n) is 1.60. The molecular weight excluding hydrogens is 251 g/mol. The van der Waals surface area contributed by atoms with Crippen LogP contribution in [0.25, 0.3) is 0 Å². The molecule has 0 aliphatic heterocycles. The maximum Gasteiger partial charge on any atom is 0.0840 e. The highest BCUT2D eigenvalue weighted by molar-refractivity contribution is 14.1. The molecular formula is C9H17IO. The van der Waals surface area contributed by atoms with Crippen molar-refractivity contribution in [2.45, 2.75) is 45.6 Å². The summed E-state index contributed by atoms with van der Waals surface area (Å²) in [5.41, 5.74) is 0. The molecule has 0 saturated heterocycles. The van der Waals surface area contributed by atoms with Crippen LogP contribution in [0.15, 0.2) is 9.66 Å². The molecule has 2 heteroatoms. The van der Waals surface area contributed by atoms with Crippen molar-refractivity contribution in [3.05, 3.63) is 9.66 Å². The SMILES string of the molecule is CCCC/C=C(\I)C(O)CC. The highest BCUT2D eigenvalue weighted by Gasteiger charge is 2.02. The van der Waals surface area contributed by atoms with E-state index in [4.69, 9.17) is 0 Å². The fraction of sp³-hybridized carbons (Fsp3) is 0.778. The lowest BCUT2D eigenvalue weighted by Gasteiger charge is -2.05. The molecule has 0 aliphatic rings. The molecule has 0 aromatic carbocycles. The number of hydrogen-bond acceptors (Lipinski definition) is 1. The van der Waals surface area contributed by atoms with Gasteiger partial charge in [-0.2, -0.15) is 0 Å². The zero-order valence-electron chi connectivity index (χ0n) is 7.31. The van der Waals surface area contributed by atoms with Gasteiger partial charge in [-0.05, 0) is 35.4 Å². The maximum absolute atomic E-state index is 9.35. The molecule has 1 atom stereocenters. The number of halogens is 1. The molecule has 66 valence electrons. The Morgan fingerprint density at radius 3 is 2.64 bits per heavy atom. The molecule has 0 aromatic rings. The molecule has 0 fully saturated rings. The normalized spacial score (nSPS) is 15.1. The predicted molar refractivity (Wildman–Crippen MR) is 57.9 cm³/mol. The van der Waals surface area contributed by atoms with E-state index in [9.17, 15) is 5.11 Å². The first-order valence-electron chi connectivity index (χ1n) is 4.26. The number of hydrogen-bond donors (Lipinski definition) is 1. The fourth-order valence-electron chi connectivity index (χ4n) is 0.775. The van der Waals surface area contributed by atoms with Gasteiger partial charge in [0.25, 0.3) is 0 Å². The minimum atomic E-state index is -0.229. The van der Waals surface area contributed by atoms with Crippen molar-refractivity contribution >= 4 is 22.6 Å². The van der Waals surface area contributed by atoms with Gasteiger partial charge in [0, 0.05) is 3.58 Å². The zero-order chi connectivity index (χ0) is 8.69. The summed E-state index contributed by atoms with van der Waals surface area (Å²) in [6, 6.07) is 0. The molecule has 0 rings (SSSR count). The summed E-state index contributed by atoms with van der Waals surface area (Å²) in [5.74, 6) is 0. The van der Waals surface area contributed by atoms with Crippen LogP contribution in [0.1, 0.15) is 39.5 Å². The van der Waals surface area contributed by atoms with E-state index in [0.717, 1.165) is 16.4 Å². The first-order chi connectivity index (χ1) is 5.22.